The van der Waals surface area contributed by atoms with Gasteiger partial charge < -0.3 is 10.1 Å². The van der Waals surface area contributed by atoms with Crippen molar-refractivity contribution in [2.75, 3.05) is 6.54 Å². The van der Waals surface area contributed by atoms with Crippen molar-refractivity contribution < 1.29 is 9.53 Å². The first-order valence-electron chi connectivity index (χ1n) is 4.31. The van der Waals surface area contributed by atoms with Crippen molar-refractivity contribution in [3.8, 4) is 0 Å². The predicted octanol–water partition coefficient (Wildman–Crippen LogP) is 1.47. The van der Waals surface area contributed by atoms with Gasteiger partial charge in [-0.3, -0.25) is 4.79 Å². The van der Waals surface area contributed by atoms with E-state index < -0.39 is 4.84 Å². The third-order valence-corrected chi connectivity index (χ3v) is 2.26. The normalized spacial score (nSPS) is 28.0. The molecule has 0 aromatic carbocycles. The molecule has 0 spiro atoms. The van der Waals surface area contributed by atoms with Crippen LogP contribution in [0.25, 0.3) is 0 Å². The molecule has 0 aromatic rings. The molecule has 1 fully saturated rings. The molecule has 0 aliphatic carbocycles. The van der Waals surface area contributed by atoms with Crippen LogP contribution in [0.1, 0.15) is 19.8 Å². The highest BCUT2D eigenvalue weighted by Crippen LogP contribution is 2.18. The molecule has 1 aliphatic rings. The van der Waals surface area contributed by atoms with E-state index in [0.29, 0.717) is 0 Å². The summed E-state index contributed by atoms with van der Waals surface area (Å²) in [6, 6.07) is 0. The van der Waals surface area contributed by atoms with Crippen LogP contribution in [0.2, 0.25) is 0 Å². The number of nitrogens with one attached hydrogen (secondary N) is 1. The van der Waals surface area contributed by atoms with Crippen LogP contribution in [0.4, 0.5) is 0 Å². The van der Waals surface area contributed by atoms with E-state index in [1.54, 1.807) is 0 Å². The van der Waals surface area contributed by atoms with Crippen LogP contribution in [0.15, 0.2) is 0 Å². The second-order valence-electron chi connectivity index (χ2n) is 3.15. The van der Waals surface area contributed by atoms with E-state index in [9.17, 15) is 4.79 Å². The average Bonchev–Trinajstić information content (AvgIpc) is 2.47. The van der Waals surface area contributed by atoms with Crippen molar-refractivity contribution >= 4 is 29.1 Å². The van der Waals surface area contributed by atoms with Crippen LogP contribution in [-0.2, 0) is 9.53 Å². The number of carbonyl (C=O) groups excluding carboxylic acids is 1. The highest BCUT2D eigenvalue weighted by molar-refractivity contribution is 6.44. The van der Waals surface area contributed by atoms with Gasteiger partial charge in [0.1, 0.15) is 10.9 Å². The van der Waals surface area contributed by atoms with Crippen LogP contribution >= 0.6 is 23.2 Å². The van der Waals surface area contributed by atoms with Gasteiger partial charge in [-0.15, -0.1) is 23.2 Å². The van der Waals surface area contributed by atoms with Crippen LogP contribution < -0.4 is 5.32 Å². The molecule has 1 heterocycles. The quantitative estimate of drug-likeness (QED) is 0.740. The first kappa shape index (κ1) is 11.1. The second kappa shape index (κ2) is 5.03. The molecule has 2 unspecified atom stereocenters. The van der Waals surface area contributed by atoms with Gasteiger partial charge in [-0.05, 0) is 19.8 Å². The molecule has 2 atom stereocenters. The Hall–Kier alpha value is 0.01000. The Balaban J connectivity index is 2.24. The zero-order valence-electron chi connectivity index (χ0n) is 7.43. The van der Waals surface area contributed by atoms with E-state index in [0.717, 1.165) is 12.8 Å². The van der Waals surface area contributed by atoms with Gasteiger partial charge in [0, 0.05) is 6.54 Å². The van der Waals surface area contributed by atoms with Gasteiger partial charge in [0.15, 0.2) is 0 Å². The molecule has 13 heavy (non-hydrogen) atoms. The van der Waals surface area contributed by atoms with Crippen molar-refractivity contribution in [1.82, 2.24) is 5.32 Å². The molecule has 0 bridgehead atoms. The first-order valence-corrected chi connectivity index (χ1v) is 5.18. The number of alkyl halides is 2. The monoisotopic (exact) mass is 225 g/mol. The van der Waals surface area contributed by atoms with Crippen LogP contribution in [0, 0.1) is 0 Å². The number of amides is 1. The topological polar surface area (TPSA) is 38.3 Å². The molecular weight excluding hydrogens is 213 g/mol. The van der Waals surface area contributed by atoms with Crippen molar-refractivity contribution in [2.24, 2.45) is 0 Å². The summed E-state index contributed by atoms with van der Waals surface area (Å²) >= 11 is 10.9. The zero-order valence-corrected chi connectivity index (χ0v) is 8.94. The SMILES string of the molecule is CC1CCC(C(=O)NCC(Cl)Cl)O1. The fourth-order valence-corrected chi connectivity index (χ4v) is 1.44. The molecule has 1 saturated heterocycles. The maximum atomic E-state index is 11.3. The van der Waals surface area contributed by atoms with E-state index in [1.807, 2.05) is 6.92 Å². The van der Waals surface area contributed by atoms with E-state index in [-0.39, 0.29) is 24.7 Å². The summed E-state index contributed by atoms with van der Waals surface area (Å²) in [7, 11) is 0. The molecule has 5 heteroatoms. The third kappa shape index (κ3) is 3.71. The van der Waals surface area contributed by atoms with Crippen LogP contribution in [0.3, 0.4) is 0 Å². The van der Waals surface area contributed by atoms with Crippen molar-refractivity contribution in [1.29, 1.82) is 0 Å². The molecule has 76 valence electrons. The molecule has 1 amide bonds. The number of rotatable bonds is 3. The minimum atomic E-state index is -0.553. The Morgan fingerprint density at radius 1 is 1.62 bits per heavy atom. The summed E-state index contributed by atoms with van der Waals surface area (Å²) in [5.74, 6) is -0.115. The van der Waals surface area contributed by atoms with Crippen molar-refractivity contribution in [3.05, 3.63) is 0 Å². The average molecular weight is 226 g/mol. The third-order valence-electron chi connectivity index (χ3n) is 1.95. The number of hydrogen-bond acceptors (Lipinski definition) is 2. The smallest absolute Gasteiger partial charge is 0.249 e. The van der Waals surface area contributed by atoms with Crippen LogP contribution in [0.5, 0.6) is 0 Å². The van der Waals surface area contributed by atoms with Crippen LogP contribution in [-0.4, -0.2) is 29.5 Å². The van der Waals surface area contributed by atoms with Gasteiger partial charge >= 0.3 is 0 Å². The zero-order chi connectivity index (χ0) is 9.84. The lowest BCUT2D eigenvalue weighted by atomic mass is 10.2. The van der Waals surface area contributed by atoms with Gasteiger partial charge in [0.2, 0.25) is 5.91 Å². The number of hydrogen-bond donors (Lipinski definition) is 1. The Morgan fingerprint density at radius 2 is 2.31 bits per heavy atom. The maximum absolute atomic E-state index is 11.3. The fourth-order valence-electron chi connectivity index (χ4n) is 1.29. The molecule has 0 radical (unpaired) electrons. The minimum absolute atomic E-state index is 0.115. The van der Waals surface area contributed by atoms with Gasteiger partial charge in [0.05, 0.1) is 6.10 Å². The minimum Gasteiger partial charge on any atom is -0.365 e. The summed E-state index contributed by atoms with van der Waals surface area (Å²) in [6.07, 6.45) is 1.58. The highest BCUT2D eigenvalue weighted by Gasteiger charge is 2.27. The Bertz CT molecular complexity index is 187. The van der Waals surface area contributed by atoms with E-state index in [2.05, 4.69) is 5.32 Å². The lowest BCUT2D eigenvalue weighted by Crippen LogP contribution is -2.36. The van der Waals surface area contributed by atoms with E-state index in [4.69, 9.17) is 27.9 Å². The molecule has 1 aliphatic heterocycles. The maximum Gasteiger partial charge on any atom is 0.249 e. The number of carbonyl (C=O) groups is 1. The van der Waals surface area contributed by atoms with E-state index in [1.165, 1.54) is 0 Å². The van der Waals surface area contributed by atoms with Gasteiger partial charge in [-0.1, -0.05) is 0 Å². The Morgan fingerprint density at radius 3 is 2.77 bits per heavy atom. The molecule has 0 saturated carbocycles. The van der Waals surface area contributed by atoms with Gasteiger partial charge in [-0.2, -0.15) is 0 Å². The summed E-state index contributed by atoms with van der Waals surface area (Å²) < 4.78 is 5.36. The second-order valence-corrected chi connectivity index (χ2v) is 4.43. The standard InChI is InChI=1S/C8H13Cl2NO2/c1-5-2-3-6(13-5)8(12)11-4-7(9)10/h5-7H,2-4H2,1H3,(H,11,12). The molecular formula is C8H13Cl2NO2. The van der Waals surface area contributed by atoms with Crippen molar-refractivity contribution in [3.63, 3.8) is 0 Å². The molecule has 0 aromatic heterocycles. The number of ether oxygens (including phenoxy) is 1. The lowest BCUT2D eigenvalue weighted by molar-refractivity contribution is -0.131. The largest absolute Gasteiger partial charge is 0.365 e. The molecule has 3 nitrogen and oxygen atoms in total. The summed E-state index contributed by atoms with van der Waals surface area (Å²) in [6.45, 7) is 2.23. The number of halogens is 2. The predicted molar refractivity (Wildman–Crippen MR) is 52.1 cm³/mol. The fraction of sp³-hybridized carbons (Fsp3) is 0.875. The summed E-state index contributed by atoms with van der Waals surface area (Å²) in [5, 5.41) is 2.62. The Labute approximate surface area is 87.7 Å². The van der Waals surface area contributed by atoms with Gasteiger partial charge in [0.25, 0.3) is 0 Å². The highest BCUT2D eigenvalue weighted by atomic mass is 35.5. The summed E-state index contributed by atoms with van der Waals surface area (Å²) in [4.78, 5) is 10.8. The van der Waals surface area contributed by atoms with Gasteiger partial charge in [-0.25, -0.2) is 0 Å². The molecule has 1 N–H and O–H groups in total. The summed E-state index contributed by atoms with van der Waals surface area (Å²) in [5.41, 5.74) is 0. The Kier molecular flexibility index (Phi) is 4.29. The lowest BCUT2D eigenvalue weighted by Gasteiger charge is -2.11. The first-order chi connectivity index (χ1) is 6.09. The molecule has 1 rings (SSSR count). The van der Waals surface area contributed by atoms with E-state index >= 15 is 0 Å². The van der Waals surface area contributed by atoms with Crippen molar-refractivity contribution in [2.45, 2.75) is 36.8 Å².